The van der Waals surface area contributed by atoms with Crippen LogP contribution >= 0.6 is 0 Å². The van der Waals surface area contributed by atoms with E-state index in [0.29, 0.717) is 57.3 Å². The Morgan fingerprint density at radius 3 is 1.82 bits per heavy atom. The van der Waals surface area contributed by atoms with E-state index >= 15 is 0 Å². The van der Waals surface area contributed by atoms with Crippen LogP contribution in [-0.4, -0.2) is 105 Å². The first-order chi connectivity index (χ1) is 18.4. The molecule has 0 atom stereocenters. The number of carbonyl (C=O) groups excluding carboxylic acids is 3. The van der Waals surface area contributed by atoms with Crippen LogP contribution in [0.15, 0.2) is 42.5 Å². The smallest absolute Gasteiger partial charge is 0.319 e. The van der Waals surface area contributed by atoms with Gasteiger partial charge in [0.15, 0.2) is 0 Å². The first-order valence-electron chi connectivity index (χ1n) is 12.4. The zero-order chi connectivity index (χ0) is 27.3. The third-order valence-corrected chi connectivity index (χ3v) is 6.19. The Bertz CT molecular complexity index is 1070. The molecule has 1 aliphatic heterocycles. The van der Waals surface area contributed by atoms with E-state index in [4.69, 9.17) is 23.9 Å². The highest BCUT2D eigenvalue weighted by Crippen LogP contribution is 2.22. The summed E-state index contributed by atoms with van der Waals surface area (Å²) in [5, 5.41) is 0. The van der Waals surface area contributed by atoms with Crippen LogP contribution in [0.4, 0.5) is 0 Å². The van der Waals surface area contributed by atoms with Crippen LogP contribution in [0, 0.1) is 0 Å². The Morgan fingerprint density at radius 1 is 0.711 bits per heavy atom. The highest BCUT2D eigenvalue weighted by Gasteiger charge is 2.22. The summed E-state index contributed by atoms with van der Waals surface area (Å²) in [6, 6.07) is 13.6. The van der Waals surface area contributed by atoms with E-state index in [-0.39, 0.29) is 37.5 Å². The van der Waals surface area contributed by atoms with Crippen molar-refractivity contribution in [1.29, 1.82) is 0 Å². The maximum absolute atomic E-state index is 12.2. The maximum atomic E-state index is 12.2. The van der Waals surface area contributed by atoms with Gasteiger partial charge < -0.3 is 18.9 Å². The van der Waals surface area contributed by atoms with Gasteiger partial charge in [0.25, 0.3) is 0 Å². The fraction of sp³-hybridized carbons (Fsp3) is 0.481. The van der Waals surface area contributed by atoms with Gasteiger partial charge in [0, 0.05) is 39.3 Å². The van der Waals surface area contributed by atoms with Gasteiger partial charge in [-0.3, -0.25) is 34.1 Å². The number of rotatable bonds is 9. The van der Waals surface area contributed by atoms with E-state index in [2.05, 4.69) is 0 Å². The molecule has 0 saturated heterocycles. The average Bonchev–Trinajstić information content (AvgIpc) is 2.93. The van der Waals surface area contributed by atoms with Crippen LogP contribution in [0.1, 0.15) is 17.0 Å². The van der Waals surface area contributed by atoms with Crippen molar-refractivity contribution in [3.8, 4) is 5.75 Å². The molecule has 0 saturated carbocycles. The molecule has 2 aromatic rings. The fourth-order valence-corrected chi connectivity index (χ4v) is 4.05. The second-order valence-electron chi connectivity index (χ2n) is 8.95. The maximum Gasteiger partial charge on any atom is 0.319 e. The predicted molar refractivity (Wildman–Crippen MR) is 138 cm³/mol. The van der Waals surface area contributed by atoms with Crippen LogP contribution in [0.2, 0.25) is 0 Å². The first-order valence-corrected chi connectivity index (χ1v) is 12.4. The van der Waals surface area contributed by atoms with Gasteiger partial charge in [-0.1, -0.05) is 30.3 Å². The van der Waals surface area contributed by atoms with Crippen molar-refractivity contribution in [3.63, 3.8) is 0 Å². The number of benzene rings is 1. The molecule has 0 fully saturated rings. The molecule has 11 nitrogen and oxygen atoms in total. The summed E-state index contributed by atoms with van der Waals surface area (Å²) < 4.78 is 20.8. The summed E-state index contributed by atoms with van der Waals surface area (Å²) >= 11 is 0. The molecule has 1 aliphatic rings. The van der Waals surface area contributed by atoms with E-state index in [1.807, 2.05) is 57.2 Å². The standard InChI is InChI=1S/C27H36N4O7/c1-35-25(32)17-29-11-13-30(18-26(33)36-2)15-22-9-10-24(38-20-21-7-5-4-6-8-21)23(28-22)16-31(14-12-29)19-27(34)37-3/h4-10H,11-20H2,1-3H3. The number of aromatic nitrogens is 1. The number of hydrogen-bond acceptors (Lipinski definition) is 11. The topological polar surface area (TPSA) is 111 Å². The van der Waals surface area contributed by atoms with Gasteiger partial charge in [0.2, 0.25) is 0 Å². The summed E-state index contributed by atoms with van der Waals surface area (Å²) in [6.07, 6.45) is 0. The molecule has 11 heteroatoms. The summed E-state index contributed by atoms with van der Waals surface area (Å²) in [5.74, 6) is -0.484. The van der Waals surface area contributed by atoms with E-state index in [1.54, 1.807) is 0 Å². The molecular formula is C27H36N4O7. The molecule has 0 amide bonds. The quantitative estimate of drug-likeness (QED) is 0.345. The molecule has 1 aromatic carbocycles. The molecule has 1 aromatic heterocycles. The Kier molecular flexibility index (Phi) is 11.5. The predicted octanol–water partition coefficient (Wildman–Crippen LogP) is 1.10. The van der Waals surface area contributed by atoms with Crippen molar-refractivity contribution in [2.24, 2.45) is 0 Å². The van der Waals surface area contributed by atoms with Crippen molar-refractivity contribution in [3.05, 3.63) is 59.4 Å². The molecule has 38 heavy (non-hydrogen) atoms. The van der Waals surface area contributed by atoms with Crippen molar-refractivity contribution in [2.75, 3.05) is 67.1 Å². The monoisotopic (exact) mass is 528 g/mol. The number of pyridine rings is 1. The van der Waals surface area contributed by atoms with E-state index in [9.17, 15) is 14.4 Å². The van der Waals surface area contributed by atoms with Gasteiger partial charge in [-0.05, 0) is 17.7 Å². The summed E-state index contributed by atoms with van der Waals surface area (Å²) in [6.45, 7) is 3.26. The zero-order valence-corrected chi connectivity index (χ0v) is 22.3. The van der Waals surface area contributed by atoms with Crippen LogP contribution in [0.3, 0.4) is 0 Å². The third kappa shape index (κ3) is 9.40. The second kappa shape index (κ2) is 15.0. The van der Waals surface area contributed by atoms with E-state index in [0.717, 1.165) is 11.3 Å². The second-order valence-corrected chi connectivity index (χ2v) is 8.95. The largest absolute Gasteiger partial charge is 0.487 e. The fourth-order valence-electron chi connectivity index (χ4n) is 4.05. The van der Waals surface area contributed by atoms with Gasteiger partial charge >= 0.3 is 17.9 Å². The molecule has 0 spiro atoms. The molecule has 0 aliphatic carbocycles. The van der Waals surface area contributed by atoms with Gasteiger partial charge in [0.05, 0.1) is 52.4 Å². The van der Waals surface area contributed by atoms with Crippen LogP contribution in [0.5, 0.6) is 5.75 Å². The van der Waals surface area contributed by atoms with Crippen molar-refractivity contribution < 1.29 is 33.3 Å². The third-order valence-electron chi connectivity index (χ3n) is 6.19. The lowest BCUT2D eigenvalue weighted by Gasteiger charge is -2.30. The molecule has 2 heterocycles. The Balaban J connectivity index is 1.91. The summed E-state index contributed by atoms with van der Waals surface area (Å²) in [4.78, 5) is 47.0. The molecule has 0 unspecified atom stereocenters. The Morgan fingerprint density at radius 2 is 1.24 bits per heavy atom. The van der Waals surface area contributed by atoms with Crippen molar-refractivity contribution in [1.82, 2.24) is 19.7 Å². The number of methoxy groups -OCH3 is 3. The lowest BCUT2D eigenvalue weighted by molar-refractivity contribution is -0.144. The number of carbonyl (C=O) groups is 3. The van der Waals surface area contributed by atoms with Crippen molar-refractivity contribution in [2.45, 2.75) is 19.7 Å². The van der Waals surface area contributed by atoms with E-state index in [1.165, 1.54) is 21.3 Å². The molecule has 0 N–H and O–H groups in total. The zero-order valence-electron chi connectivity index (χ0n) is 22.3. The summed E-state index contributed by atoms with van der Waals surface area (Å²) in [7, 11) is 4.06. The van der Waals surface area contributed by atoms with Gasteiger partial charge in [-0.15, -0.1) is 0 Å². The molecule has 3 rings (SSSR count). The molecule has 2 bridgehead atoms. The highest BCUT2D eigenvalue weighted by atomic mass is 16.5. The van der Waals surface area contributed by atoms with Crippen LogP contribution in [-0.2, 0) is 48.3 Å². The molecular weight excluding hydrogens is 492 g/mol. The van der Waals surface area contributed by atoms with Crippen LogP contribution < -0.4 is 4.74 Å². The minimum absolute atomic E-state index is 0.0566. The molecule has 206 valence electrons. The van der Waals surface area contributed by atoms with Crippen LogP contribution in [0.25, 0.3) is 0 Å². The first kappa shape index (κ1) is 29.0. The van der Waals surface area contributed by atoms with Gasteiger partial charge in [0.1, 0.15) is 12.4 Å². The number of hydrogen-bond donors (Lipinski definition) is 0. The number of esters is 3. The lowest BCUT2D eigenvalue weighted by Crippen LogP contribution is -2.44. The number of nitrogens with zero attached hydrogens (tertiary/aromatic N) is 4. The minimum Gasteiger partial charge on any atom is -0.487 e. The van der Waals surface area contributed by atoms with Crippen molar-refractivity contribution >= 4 is 17.9 Å². The normalized spacial score (nSPS) is 15.6. The number of ether oxygens (including phenoxy) is 4. The van der Waals surface area contributed by atoms with Gasteiger partial charge in [-0.2, -0.15) is 0 Å². The minimum atomic E-state index is -0.372. The number of fused-ring (bicyclic) bond motifs is 2. The van der Waals surface area contributed by atoms with E-state index < -0.39 is 0 Å². The Hall–Kier alpha value is -3.54. The lowest BCUT2D eigenvalue weighted by atomic mass is 10.2. The Labute approximate surface area is 223 Å². The highest BCUT2D eigenvalue weighted by molar-refractivity contribution is 5.72. The summed E-state index contributed by atoms with van der Waals surface area (Å²) in [5.41, 5.74) is 2.43. The molecule has 0 radical (unpaired) electrons. The van der Waals surface area contributed by atoms with Gasteiger partial charge in [-0.25, -0.2) is 0 Å². The average molecular weight is 529 g/mol. The SMILES string of the molecule is COC(=O)CN1CCN(CC(=O)OC)Cc2ccc(OCc3ccccc3)c(n2)CN(CC(=O)OC)CC1.